The first-order chi connectivity index (χ1) is 6.06. The lowest BCUT2D eigenvalue weighted by Gasteiger charge is -2.25. The van der Waals surface area contributed by atoms with Gasteiger partial charge in [-0.1, -0.05) is 12.2 Å². The number of hydrogen-bond acceptors (Lipinski definition) is 2. The van der Waals surface area contributed by atoms with Crippen molar-refractivity contribution in [3.05, 3.63) is 23.8 Å². The first kappa shape index (κ1) is 10.5. The second kappa shape index (κ2) is 4.07. The van der Waals surface area contributed by atoms with E-state index < -0.39 is 6.10 Å². The first-order valence-electron chi connectivity index (χ1n) is 4.19. The summed E-state index contributed by atoms with van der Waals surface area (Å²) in [4.78, 5) is 11.3. The number of carbonyl (C=O) groups excluding carboxylic acids is 1. The minimum absolute atomic E-state index is 0.0709. The third kappa shape index (κ3) is 2.20. The Balaban J connectivity index is 2.82. The van der Waals surface area contributed by atoms with Gasteiger partial charge in [0.2, 0.25) is 0 Å². The SMILES string of the molecule is C=C(CCl)[C@H]1CC(=O)C(C)=C[C@@H]1O. The van der Waals surface area contributed by atoms with E-state index in [1.165, 1.54) is 0 Å². The van der Waals surface area contributed by atoms with Gasteiger partial charge >= 0.3 is 0 Å². The van der Waals surface area contributed by atoms with E-state index in [0.717, 1.165) is 5.57 Å². The molecular weight excluding hydrogens is 188 g/mol. The average Bonchev–Trinajstić information content (AvgIpc) is 2.10. The number of carbonyl (C=O) groups is 1. The molecule has 72 valence electrons. The van der Waals surface area contributed by atoms with E-state index in [2.05, 4.69) is 6.58 Å². The molecule has 2 atom stereocenters. The number of Topliss-reactive ketones (excluding diaryl/α,β-unsaturated/α-hetero) is 1. The van der Waals surface area contributed by atoms with Gasteiger partial charge in [-0.05, 0) is 18.6 Å². The predicted molar refractivity (Wildman–Crippen MR) is 52.7 cm³/mol. The van der Waals surface area contributed by atoms with Gasteiger partial charge in [-0.2, -0.15) is 0 Å². The lowest BCUT2D eigenvalue weighted by atomic mass is 9.83. The highest BCUT2D eigenvalue weighted by Crippen LogP contribution is 2.27. The molecule has 0 heterocycles. The molecule has 1 N–H and O–H groups in total. The van der Waals surface area contributed by atoms with Crippen molar-refractivity contribution in [1.82, 2.24) is 0 Å². The van der Waals surface area contributed by atoms with E-state index in [9.17, 15) is 9.90 Å². The number of aliphatic hydroxyl groups is 1. The van der Waals surface area contributed by atoms with Crippen LogP contribution in [0.15, 0.2) is 23.8 Å². The standard InChI is InChI=1S/C10H13ClO2/c1-6-3-10(13)8(4-9(6)12)7(2)5-11/h3,8,10,13H,2,4-5H2,1H3/t8-,10+/m1/s1. The van der Waals surface area contributed by atoms with Crippen LogP contribution in [0.2, 0.25) is 0 Å². The number of aliphatic hydroxyl groups excluding tert-OH is 1. The number of allylic oxidation sites excluding steroid dienone is 1. The summed E-state index contributed by atoms with van der Waals surface area (Å²) >= 11 is 5.59. The molecule has 0 aromatic heterocycles. The van der Waals surface area contributed by atoms with E-state index in [-0.39, 0.29) is 11.7 Å². The molecule has 0 aliphatic heterocycles. The first-order valence-corrected chi connectivity index (χ1v) is 4.73. The van der Waals surface area contributed by atoms with Crippen molar-refractivity contribution < 1.29 is 9.90 Å². The van der Waals surface area contributed by atoms with Crippen LogP contribution in [0.1, 0.15) is 13.3 Å². The van der Waals surface area contributed by atoms with Crippen molar-refractivity contribution in [1.29, 1.82) is 0 Å². The predicted octanol–water partition coefficient (Wildman–Crippen LogP) is 1.68. The van der Waals surface area contributed by atoms with Crippen LogP contribution >= 0.6 is 11.6 Å². The van der Waals surface area contributed by atoms with Gasteiger partial charge in [0.15, 0.2) is 5.78 Å². The minimum atomic E-state index is -0.607. The van der Waals surface area contributed by atoms with Crippen LogP contribution in [0, 0.1) is 5.92 Å². The highest BCUT2D eigenvalue weighted by Gasteiger charge is 2.28. The van der Waals surface area contributed by atoms with Crippen LogP contribution in [0.25, 0.3) is 0 Å². The van der Waals surface area contributed by atoms with Crippen molar-refractivity contribution in [2.24, 2.45) is 5.92 Å². The Labute approximate surface area is 82.9 Å². The van der Waals surface area contributed by atoms with Gasteiger partial charge in [0, 0.05) is 18.2 Å². The Kier molecular flexibility index (Phi) is 3.28. The largest absolute Gasteiger partial charge is 0.388 e. The fraction of sp³-hybridized carbons (Fsp3) is 0.500. The van der Waals surface area contributed by atoms with Crippen LogP contribution in [0.3, 0.4) is 0 Å². The van der Waals surface area contributed by atoms with E-state index >= 15 is 0 Å². The van der Waals surface area contributed by atoms with Crippen LogP contribution in [-0.2, 0) is 4.79 Å². The second-order valence-electron chi connectivity index (χ2n) is 3.37. The van der Waals surface area contributed by atoms with Gasteiger partial charge in [-0.3, -0.25) is 4.79 Å². The lowest BCUT2D eigenvalue weighted by molar-refractivity contribution is -0.117. The molecule has 0 aromatic carbocycles. The van der Waals surface area contributed by atoms with Gasteiger partial charge in [-0.25, -0.2) is 0 Å². The molecule has 1 aliphatic rings. The number of alkyl halides is 1. The molecule has 0 unspecified atom stereocenters. The molecule has 0 aromatic rings. The fourth-order valence-corrected chi connectivity index (χ4v) is 1.63. The molecule has 13 heavy (non-hydrogen) atoms. The Morgan fingerprint density at radius 2 is 2.46 bits per heavy atom. The van der Waals surface area contributed by atoms with Crippen molar-refractivity contribution >= 4 is 17.4 Å². The van der Waals surface area contributed by atoms with E-state index in [1.807, 2.05) is 0 Å². The molecule has 0 saturated carbocycles. The zero-order valence-electron chi connectivity index (χ0n) is 7.59. The van der Waals surface area contributed by atoms with Gasteiger partial charge in [0.05, 0.1) is 6.10 Å². The monoisotopic (exact) mass is 200 g/mol. The van der Waals surface area contributed by atoms with Crippen LogP contribution in [0.4, 0.5) is 0 Å². The summed E-state index contributed by atoms with van der Waals surface area (Å²) in [5.41, 5.74) is 1.36. The van der Waals surface area contributed by atoms with Crippen molar-refractivity contribution in [3.8, 4) is 0 Å². The third-order valence-electron chi connectivity index (χ3n) is 2.37. The number of rotatable bonds is 2. The van der Waals surface area contributed by atoms with E-state index in [0.29, 0.717) is 17.9 Å². The summed E-state index contributed by atoms with van der Waals surface area (Å²) in [6.45, 7) is 5.45. The van der Waals surface area contributed by atoms with Crippen molar-refractivity contribution in [2.75, 3.05) is 5.88 Å². The summed E-state index contributed by atoms with van der Waals surface area (Å²) in [6.07, 6.45) is 1.30. The van der Waals surface area contributed by atoms with Crippen molar-refractivity contribution in [2.45, 2.75) is 19.4 Å². The van der Waals surface area contributed by atoms with Gasteiger partial charge in [0.1, 0.15) is 0 Å². The van der Waals surface area contributed by atoms with Gasteiger partial charge < -0.3 is 5.11 Å². The average molecular weight is 201 g/mol. The topological polar surface area (TPSA) is 37.3 Å². The summed E-state index contributed by atoms with van der Waals surface area (Å²) in [5, 5.41) is 9.61. The molecule has 2 nitrogen and oxygen atoms in total. The molecule has 3 heteroatoms. The Hall–Kier alpha value is -0.600. The zero-order chi connectivity index (χ0) is 10.0. The molecular formula is C10H13ClO2. The van der Waals surface area contributed by atoms with Gasteiger partial charge in [0.25, 0.3) is 0 Å². The number of hydrogen-bond donors (Lipinski definition) is 1. The molecule has 0 amide bonds. The fourth-order valence-electron chi connectivity index (χ4n) is 1.43. The van der Waals surface area contributed by atoms with E-state index in [4.69, 9.17) is 11.6 Å². The molecule has 1 rings (SSSR count). The maximum atomic E-state index is 11.3. The third-order valence-corrected chi connectivity index (χ3v) is 2.72. The van der Waals surface area contributed by atoms with Crippen LogP contribution in [-0.4, -0.2) is 22.9 Å². The Bertz CT molecular complexity index is 268. The Morgan fingerprint density at radius 1 is 1.85 bits per heavy atom. The molecule has 0 bridgehead atoms. The maximum Gasteiger partial charge on any atom is 0.159 e. The lowest BCUT2D eigenvalue weighted by Crippen LogP contribution is -2.29. The number of halogens is 1. The van der Waals surface area contributed by atoms with Gasteiger partial charge in [-0.15, -0.1) is 11.6 Å². The highest BCUT2D eigenvalue weighted by atomic mass is 35.5. The maximum absolute atomic E-state index is 11.3. The molecule has 0 spiro atoms. The normalized spacial score (nSPS) is 28.5. The summed E-state index contributed by atoms with van der Waals surface area (Å²) in [7, 11) is 0. The summed E-state index contributed by atoms with van der Waals surface area (Å²) < 4.78 is 0. The molecule has 0 fully saturated rings. The summed E-state index contributed by atoms with van der Waals surface area (Å²) in [5.74, 6) is 0.164. The Morgan fingerprint density at radius 3 is 3.00 bits per heavy atom. The van der Waals surface area contributed by atoms with Crippen LogP contribution in [0.5, 0.6) is 0 Å². The van der Waals surface area contributed by atoms with Crippen molar-refractivity contribution in [3.63, 3.8) is 0 Å². The zero-order valence-corrected chi connectivity index (χ0v) is 8.34. The van der Waals surface area contributed by atoms with Crippen LogP contribution < -0.4 is 0 Å². The molecule has 0 saturated heterocycles. The minimum Gasteiger partial charge on any atom is -0.388 e. The quantitative estimate of drug-likeness (QED) is 0.544. The summed E-state index contributed by atoms with van der Waals surface area (Å²) in [6, 6.07) is 0. The second-order valence-corrected chi connectivity index (χ2v) is 3.63. The smallest absolute Gasteiger partial charge is 0.159 e. The number of ketones is 1. The molecule has 0 radical (unpaired) electrons. The van der Waals surface area contributed by atoms with E-state index in [1.54, 1.807) is 13.0 Å². The highest BCUT2D eigenvalue weighted by molar-refractivity contribution is 6.19. The molecule has 1 aliphatic carbocycles.